The van der Waals surface area contributed by atoms with Crippen LogP contribution in [-0.4, -0.2) is 29.0 Å². The minimum Gasteiger partial charge on any atom is -0.464 e. The van der Waals surface area contributed by atoms with Crippen LogP contribution in [0.5, 0.6) is 0 Å². The Kier molecular flexibility index (Phi) is 1.15. The Morgan fingerprint density at radius 2 is 2.62 bits per heavy atom. The van der Waals surface area contributed by atoms with Crippen molar-refractivity contribution in [2.75, 3.05) is 6.54 Å². The van der Waals surface area contributed by atoms with Crippen molar-refractivity contribution in [2.45, 2.75) is 6.42 Å². The Labute approximate surface area is 46.4 Å². The highest BCUT2D eigenvalue weighted by molar-refractivity contribution is 5.70. The van der Waals surface area contributed by atoms with Gasteiger partial charge in [-0.3, -0.25) is 0 Å². The number of hydrogen-bond donors (Lipinski definition) is 1. The van der Waals surface area contributed by atoms with Crippen LogP contribution in [0, 0.1) is 0 Å². The van der Waals surface area contributed by atoms with Crippen molar-refractivity contribution in [1.82, 2.24) is 5.01 Å². The van der Waals surface area contributed by atoms with E-state index in [-0.39, 0.29) is 0 Å². The fourth-order valence-corrected chi connectivity index (χ4v) is 0.539. The predicted octanol–water partition coefficient (Wildman–Crippen LogP) is 0.356. The standard InChI is InChI=1S/C4H6N2O2/c7-4(8)6-3-1-2-5-6/h2H,1,3H2,(H,7,8). The molecule has 0 aliphatic carbocycles. The first-order valence-electron chi connectivity index (χ1n) is 2.33. The van der Waals surface area contributed by atoms with Crippen molar-refractivity contribution in [3.05, 3.63) is 0 Å². The second-order valence-electron chi connectivity index (χ2n) is 1.49. The highest BCUT2D eigenvalue weighted by atomic mass is 16.4. The number of hydrogen-bond acceptors (Lipinski definition) is 2. The molecule has 1 amide bonds. The molecule has 0 aromatic heterocycles. The lowest BCUT2D eigenvalue weighted by Crippen LogP contribution is -2.20. The second kappa shape index (κ2) is 1.81. The molecule has 1 N–H and O–H groups in total. The van der Waals surface area contributed by atoms with Crippen LogP contribution in [-0.2, 0) is 0 Å². The molecule has 44 valence electrons. The van der Waals surface area contributed by atoms with E-state index in [0.717, 1.165) is 11.4 Å². The Hall–Kier alpha value is -1.06. The molecule has 0 saturated carbocycles. The molecule has 4 heteroatoms. The lowest BCUT2D eigenvalue weighted by atomic mass is 10.5. The summed E-state index contributed by atoms with van der Waals surface area (Å²) in [5, 5.41) is 12.8. The van der Waals surface area contributed by atoms with E-state index in [1.165, 1.54) is 0 Å². The number of hydrazone groups is 1. The summed E-state index contributed by atoms with van der Waals surface area (Å²) in [5.41, 5.74) is 0. The maximum atomic E-state index is 10.0. The van der Waals surface area contributed by atoms with Gasteiger partial charge in [0.25, 0.3) is 0 Å². The van der Waals surface area contributed by atoms with Crippen molar-refractivity contribution in [1.29, 1.82) is 0 Å². The molecular formula is C4H6N2O2. The number of rotatable bonds is 0. The molecule has 1 heterocycles. The largest absolute Gasteiger partial charge is 0.464 e. The number of carboxylic acid groups (broad SMARTS) is 1. The zero-order chi connectivity index (χ0) is 5.98. The third kappa shape index (κ3) is 0.776. The molecule has 1 aliphatic heterocycles. The van der Waals surface area contributed by atoms with Gasteiger partial charge in [-0.05, 0) is 0 Å². The first-order chi connectivity index (χ1) is 3.80. The first-order valence-corrected chi connectivity index (χ1v) is 2.33. The Balaban J connectivity index is 2.48. The van der Waals surface area contributed by atoms with Crippen LogP contribution in [0.1, 0.15) is 6.42 Å². The zero-order valence-corrected chi connectivity index (χ0v) is 4.24. The van der Waals surface area contributed by atoms with Crippen molar-refractivity contribution < 1.29 is 9.90 Å². The van der Waals surface area contributed by atoms with E-state index < -0.39 is 6.09 Å². The molecule has 0 aromatic rings. The quantitative estimate of drug-likeness (QED) is 0.494. The van der Waals surface area contributed by atoms with E-state index >= 15 is 0 Å². The van der Waals surface area contributed by atoms with Crippen LogP contribution in [0.4, 0.5) is 4.79 Å². The van der Waals surface area contributed by atoms with Gasteiger partial charge in [-0.1, -0.05) is 0 Å². The van der Waals surface area contributed by atoms with E-state index in [0.29, 0.717) is 6.54 Å². The molecule has 0 atom stereocenters. The normalized spacial score (nSPS) is 17.2. The van der Waals surface area contributed by atoms with Crippen molar-refractivity contribution >= 4 is 12.3 Å². The first kappa shape index (κ1) is 5.08. The van der Waals surface area contributed by atoms with Gasteiger partial charge in [0.2, 0.25) is 0 Å². The van der Waals surface area contributed by atoms with Crippen LogP contribution in [0.25, 0.3) is 0 Å². The topological polar surface area (TPSA) is 52.9 Å². The third-order valence-electron chi connectivity index (χ3n) is 0.912. The highest BCUT2D eigenvalue weighted by Crippen LogP contribution is 1.97. The second-order valence-corrected chi connectivity index (χ2v) is 1.49. The Bertz CT molecular complexity index is 132. The van der Waals surface area contributed by atoms with E-state index in [2.05, 4.69) is 5.10 Å². The molecule has 0 unspecified atom stereocenters. The molecule has 0 bridgehead atoms. The molecule has 0 spiro atoms. The van der Waals surface area contributed by atoms with Gasteiger partial charge in [0.15, 0.2) is 0 Å². The van der Waals surface area contributed by atoms with E-state index in [1.807, 2.05) is 0 Å². The highest BCUT2D eigenvalue weighted by Gasteiger charge is 2.11. The Morgan fingerprint density at radius 1 is 1.88 bits per heavy atom. The average molecular weight is 114 g/mol. The minimum absolute atomic E-state index is 0.509. The van der Waals surface area contributed by atoms with Crippen LogP contribution < -0.4 is 0 Å². The zero-order valence-electron chi connectivity index (χ0n) is 4.24. The van der Waals surface area contributed by atoms with Crippen molar-refractivity contribution in [3.63, 3.8) is 0 Å². The van der Waals surface area contributed by atoms with Gasteiger partial charge in [-0.2, -0.15) is 10.1 Å². The molecule has 0 radical (unpaired) electrons. The molecule has 4 nitrogen and oxygen atoms in total. The molecular weight excluding hydrogens is 108 g/mol. The lowest BCUT2D eigenvalue weighted by molar-refractivity contribution is 0.152. The van der Waals surface area contributed by atoms with E-state index in [1.54, 1.807) is 6.21 Å². The van der Waals surface area contributed by atoms with Gasteiger partial charge < -0.3 is 5.11 Å². The molecule has 8 heavy (non-hydrogen) atoms. The monoisotopic (exact) mass is 114 g/mol. The number of amides is 1. The summed E-state index contributed by atoms with van der Waals surface area (Å²) >= 11 is 0. The predicted molar refractivity (Wildman–Crippen MR) is 27.8 cm³/mol. The summed E-state index contributed by atoms with van der Waals surface area (Å²) in [6.45, 7) is 0.509. The molecule has 1 rings (SSSR count). The lowest BCUT2D eigenvalue weighted by Gasteiger charge is -2.03. The van der Waals surface area contributed by atoms with Gasteiger partial charge in [0, 0.05) is 12.6 Å². The fourth-order valence-electron chi connectivity index (χ4n) is 0.539. The number of carbonyl (C=O) groups is 1. The molecule has 0 aromatic carbocycles. The molecule has 0 saturated heterocycles. The van der Waals surface area contributed by atoms with Crippen LogP contribution in [0.3, 0.4) is 0 Å². The smallest absolute Gasteiger partial charge is 0.427 e. The van der Waals surface area contributed by atoms with Crippen molar-refractivity contribution in [2.24, 2.45) is 5.10 Å². The maximum Gasteiger partial charge on any atom is 0.427 e. The summed E-state index contributed by atoms with van der Waals surface area (Å²) < 4.78 is 0. The summed E-state index contributed by atoms with van der Waals surface area (Å²) in [6, 6.07) is 0. The van der Waals surface area contributed by atoms with Crippen LogP contribution in [0.15, 0.2) is 5.10 Å². The van der Waals surface area contributed by atoms with Gasteiger partial charge in [0.1, 0.15) is 0 Å². The fraction of sp³-hybridized carbons (Fsp3) is 0.500. The van der Waals surface area contributed by atoms with Gasteiger partial charge in [-0.15, -0.1) is 0 Å². The van der Waals surface area contributed by atoms with Crippen molar-refractivity contribution in [3.8, 4) is 0 Å². The van der Waals surface area contributed by atoms with Gasteiger partial charge in [0.05, 0.1) is 6.54 Å². The molecule has 1 aliphatic rings. The van der Waals surface area contributed by atoms with Gasteiger partial charge in [-0.25, -0.2) is 4.79 Å². The summed E-state index contributed by atoms with van der Waals surface area (Å²) in [5.74, 6) is 0. The minimum atomic E-state index is -0.973. The van der Waals surface area contributed by atoms with E-state index in [9.17, 15) is 4.79 Å². The average Bonchev–Trinajstić information content (AvgIpc) is 2.12. The van der Waals surface area contributed by atoms with E-state index in [4.69, 9.17) is 5.11 Å². The maximum absolute atomic E-state index is 10.0. The summed E-state index contributed by atoms with van der Waals surface area (Å²) in [4.78, 5) is 10.0. The summed E-state index contributed by atoms with van der Waals surface area (Å²) in [7, 11) is 0. The Morgan fingerprint density at radius 3 is 2.88 bits per heavy atom. The van der Waals surface area contributed by atoms with Gasteiger partial charge >= 0.3 is 6.09 Å². The number of nitrogens with zero attached hydrogens (tertiary/aromatic N) is 2. The van der Waals surface area contributed by atoms with Crippen LogP contribution >= 0.6 is 0 Å². The molecule has 0 fully saturated rings. The SMILES string of the molecule is O=C(O)N1CCC=N1. The third-order valence-corrected chi connectivity index (χ3v) is 0.912. The summed E-state index contributed by atoms with van der Waals surface area (Å²) in [6.07, 6.45) is 1.36. The van der Waals surface area contributed by atoms with Crippen LogP contribution in [0.2, 0.25) is 0 Å².